The Morgan fingerprint density at radius 2 is 1.85 bits per heavy atom. The molecule has 0 saturated carbocycles. The molecule has 1 aromatic rings. The van der Waals surface area contributed by atoms with Gasteiger partial charge in [-0.1, -0.05) is 11.6 Å². The van der Waals surface area contributed by atoms with E-state index < -0.39 is 27.9 Å². The maximum absolute atomic E-state index is 12.4. The largest absolute Gasteiger partial charge is 0.481 e. The Bertz CT molecular complexity index is 782. The van der Waals surface area contributed by atoms with Crippen LogP contribution in [0.3, 0.4) is 0 Å². The molecule has 1 aliphatic heterocycles. The highest BCUT2D eigenvalue weighted by Crippen LogP contribution is 2.21. The van der Waals surface area contributed by atoms with Gasteiger partial charge >= 0.3 is 0 Å². The van der Waals surface area contributed by atoms with Gasteiger partial charge in [-0.15, -0.1) is 0 Å². The summed E-state index contributed by atoms with van der Waals surface area (Å²) in [6.07, 6.45) is -0.799. The van der Waals surface area contributed by atoms with Gasteiger partial charge in [0.25, 0.3) is 5.91 Å². The summed E-state index contributed by atoms with van der Waals surface area (Å²) < 4.78 is 28.5. The second kappa shape index (κ2) is 8.26. The van der Waals surface area contributed by atoms with Crippen molar-refractivity contribution in [1.82, 2.24) is 10.2 Å². The number of carbonyl (C=O) groups is 2. The number of carbonyl (C=O) groups excluding carboxylic acids is 2. The van der Waals surface area contributed by atoms with Crippen molar-refractivity contribution < 1.29 is 22.7 Å². The van der Waals surface area contributed by atoms with Gasteiger partial charge in [0.15, 0.2) is 15.9 Å². The molecule has 7 nitrogen and oxygen atoms in total. The van der Waals surface area contributed by atoms with E-state index in [1.54, 1.807) is 32.0 Å². The average molecular weight is 403 g/mol. The third-order valence-electron chi connectivity index (χ3n) is 4.20. The highest BCUT2D eigenvalue weighted by molar-refractivity contribution is 7.91. The molecule has 9 heteroatoms. The SMILES string of the molecule is Cc1cc(OC(C)C(=O)NC(C)C(=O)N2CCS(=O)(=O)CC2)ccc1Cl. The quantitative estimate of drug-likeness (QED) is 0.798. The van der Waals surface area contributed by atoms with Crippen LogP contribution in [-0.2, 0) is 19.4 Å². The van der Waals surface area contributed by atoms with Gasteiger partial charge in [-0.3, -0.25) is 9.59 Å². The van der Waals surface area contributed by atoms with E-state index in [0.29, 0.717) is 10.8 Å². The molecule has 2 atom stereocenters. The third kappa shape index (κ3) is 5.35. The molecule has 1 N–H and O–H groups in total. The number of aryl methyl sites for hydroxylation is 1. The van der Waals surface area contributed by atoms with Gasteiger partial charge in [-0.25, -0.2) is 8.42 Å². The zero-order valence-electron chi connectivity index (χ0n) is 15.0. The monoisotopic (exact) mass is 402 g/mol. The van der Waals surface area contributed by atoms with Crippen molar-refractivity contribution in [2.45, 2.75) is 32.9 Å². The summed E-state index contributed by atoms with van der Waals surface area (Å²) in [5, 5.41) is 3.22. The Morgan fingerprint density at radius 1 is 1.23 bits per heavy atom. The fraction of sp³-hybridized carbons (Fsp3) is 0.529. The van der Waals surface area contributed by atoms with E-state index in [1.165, 1.54) is 4.90 Å². The van der Waals surface area contributed by atoms with Crippen molar-refractivity contribution in [3.63, 3.8) is 0 Å². The van der Waals surface area contributed by atoms with Crippen LogP contribution in [0.4, 0.5) is 0 Å². The third-order valence-corrected chi connectivity index (χ3v) is 6.23. The summed E-state index contributed by atoms with van der Waals surface area (Å²) in [5.74, 6) is -0.315. The predicted molar refractivity (Wildman–Crippen MR) is 99.1 cm³/mol. The standard InChI is InChI=1S/C17H23ClN2O5S/c1-11-10-14(4-5-15(11)18)25-13(3)16(21)19-12(2)17(22)20-6-8-26(23,24)9-7-20/h4-5,10,12-13H,6-9H2,1-3H3,(H,19,21). The van der Waals surface area contributed by atoms with Gasteiger partial charge < -0.3 is 15.0 Å². The zero-order valence-corrected chi connectivity index (χ0v) is 16.6. The molecule has 2 rings (SSSR count). The molecule has 0 aromatic heterocycles. The van der Waals surface area contributed by atoms with E-state index in [4.69, 9.17) is 16.3 Å². The van der Waals surface area contributed by atoms with E-state index in [2.05, 4.69) is 5.32 Å². The van der Waals surface area contributed by atoms with Gasteiger partial charge in [0, 0.05) is 18.1 Å². The lowest BCUT2D eigenvalue weighted by Gasteiger charge is -2.29. The number of nitrogens with zero attached hydrogens (tertiary/aromatic N) is 1. The number of nitrogens with one attached hydrogen (secondary N) is 1. The average Bonchev–Trinajstić information content (AvgIpc) is 2.57. The Hall–Kier alpha value is -1.80. The molecule has 1 aliphatic rings. The van der Waals surface area contributed by atoms with E-state index in [1.807, 2.05) is 6.92 Å². The van der Waals surface area contributed by atoms with Crippen molar-refractivity contribution in [3.8, 4) is 5.75 Å². The first-order valence-electron chi connectivity index (χ1n) is 8.31. The van der Waals surface area contributed by atoms with E-state index in [0.717, 1.165) is 5.56 Å². The zero-order chi connectivity index (χ0) is 19.5. The van der Waals surface area contributed by atoms with Gasteiger partial charge in [-0.2, -0.15) is 0 Å². The first-order valence-corrected chi connectivity index (χ1v) is 10.5. The number of benzene rings is 1. The summed E-state index contributed by atoms with van der Waals surface area (Å²) in [5.41, 5.74) is 0.834. The molecule has 1 fully saturated rings. The van der Waals surface area contributed by atoms with Crippen molar-refractivity contribution in [2.24, 2.45) is 0 Å². The van der Waals surface area contributed by atoms with Crippen molar-refractivity contribution in [3.05, 3.63) is 28.8 Å². The number of amides is 2. The summed E-state index contributed by atoms with van der Waals surface area (Å²) in [7, 11) is -3.06. The van der Waals surface area contributed by atoms with Gasteiger partial charge in [0.1, 0.15) is 11.8 Å². The highest BCUT2D eigenvalue weighted by atomic mass is 35.5. The number of halogens is 1. The summed E-state index contributed by atoms with van der Waals surface area (Å²) in [4.78, 5) is 26.1. The van der Waals surface area contributed by atoms with E-state index in [-0.39, 0.29) is 30.5 Å². The predicted octanol–water partition coefficient (Wildman–Crippen LogP) is 1.18. The van der Waals surface area contributed by atoms with Crippen LogP contribution in [-0.4, -0.2) is 61.9 Å². The summed E-state index contributed by atoms with van der Waals surface area (Å²) in [6, 6.07) is 4.32. The molecule has 2 unspecified atom stereocenters. The van der Waals surface area contributed by atoms with Gasteiger partial charge in [-0.05, 0) is 44.5 Å². The molecule has 26 heavy (non-hydrogen) atoms. The van der Waals surface area contributed by atoms with Crippen LogP contribution in [0.1, 0.15) is 19.4 Å². The lowest BCUT2D eigenvalue weighted by Crippen LogP contribution is -2.53. The van der Waals surface area contributed by atoms with Crippen LogP contribution in [0.5, 0.6) is 5.75 Å². The number of rotatable bonds is 5. The van der Waals surface area contributed by atoms with E-state index in [9.17, 15) is 18.0 Å². The molecular weight excluding hydrogens is 380 g/mol. The lowest BCUT2D eigenvalue weighted by molar-refractivity contribution is -0.137. The Morgan fingerprint density at radius 3 is 2.42 bits per heavy atom. The Balaban J connectivity index is 1.89. The van der Waals surface area contributed by atoms with Crippen molar-refractivity contribution >= 4 is 33.3 Å². The van der Waals surface area contributed by atoms with Crippen molar-refractivity contribution in [1.29, 1.82) is 0 Å². The lowest BCUT2D eigenvalue weighted by atomic mass is 10.2. The molecule has 144 valence electrons. The summed E-state index contributed by atoms with van der Waals surface area (Å²) >= 11 is 5.96. The molecule has 2 amide bonds. The van der Waals surface area contributed by atoms with Gasteiger partial charge in [0.2, 0.25) is 5.91 Å². The number of hydrogen-bond donors (Lipinski definition) is 1. The molecule has 1 heterocycles. The molecule has 0 spiro atoms. The van der Waals surface area contributed by atoms with Crippen LogP contribution in [0.15, 0.2) is 18.2 Å². The minimum Gasteiger partial charge on any atom is -0.481 e. The first kappa shape index (κ1) is 20.5. The molecule has 1 saturated heterocycles. The maximum atomic E-state index is 12.4. The Kier molecular flexibility index (Phi) is 6.52. The normalized spacial score (nSPS) is 18.7. The van der Waals surface area contributed by atoms with E-state index >= 15 is 0 Å². The molecule has 0 bridgehead atoms. The second-order valence-corrected chi connectivity index (χ2v) is 9.09. The van der Waals surface area contributed by atoms with Crippen LogP contribution in [0.25, 0.3) is 0 Å². The molecule has 0 radical (unpaired) electrons. The molecule has 1 aromatic carbocycles. The maximum Gasteiger partial charge on any atom is 0.261 e. The molecule has 0 aliphatic carbocycles. The Labute approximate surface area is 158 Å². The summed E-state index contributed by atoms with van der Waals surface area (Å²) in [6.45, 7) is 5.29. The first-order chi connectivity index (χ1) is 12.1. The molecular formula is C17H23ClN2O5S. The number of sulfone groups is 1. The van der Waals surface area contributed by atoms with Crippen LogP contribution >= 0.6 is 11.6 Å². The number of hydrogen-bond acceptors (Lipinski definition) is 5. The smallest absolute Gasteiger partial charge is 0.261 e. The minimum atomic E-state index is -3.06. The number of ether oxygens (including phenoxy) is 1. The fourth-order valence-corrected chi connectivity index (χ4v) is 3.87. The fourth-order valence-electron chi connectivity index (χ4n) is 2.55. The van der Waals surface area contributed by atoms with Crippen LogP contribution in [0.2, 0.25) is 5.02 Å². The van der Waals surface area contributed by atoms with Crippen LogP contribution in [0, 0.1) is 6.92 Å². The van der Waals surface area contributed by atoms with Crippen LogP contribution < -0.4 is 10.1 Å². The van der Waals surface area contributed by atoms with Gasteiger partial charge in [0.05, 0.1) is 11.5 Å². The minimum absolute atomic E-state index is 0.0468. The topological polar surface area (TPSA) is 92.8 Å². The van der Waals surface area contributed by atoms with Crippen molar-refractivity contribution in [2.75, 3.05) is 24.6 Å². The second-order valence-electron chi connectivity index (χ2n) is 6.38. The highest BCUT2D eigenvalue weighted by Gasteiger charge is 2.29.